The van der Waals surface area contributed by atoms with E-state index in [-0.39, 0.29) is 18.6 Å². The number of aliphatic hydroxyl groups excluding tert-OH is 1. The smallest absolute Gasteiger partial charge is 0.326 e. The van der Waals surface area contributed by atoms with Crippen molar-refractivity contribution in [3.63, 3.8) is 0 Å². The molecule has 1 rings (SSSR count). The zero-order valence-electron chi connectivity index (χ0n) is 17.7. The number of benzene rings is 1. The number of carbonyl (C=O) groups excluding carboxylic acids is 3. The van der Waals surface area contributed by atoms with Crippen LogP contribution in [0, 0.1) is 0 Å². The fraction of sp³-hybridized carbons (Fsp3) is 0.500. The van der Waals surface area contributed by atoms with E-state index in [0.29, 0.717) is 5.75 Å². The van der Waals surface area contributed by atoms with Crippen LogP contribution < -0.4 is 21.7 Å². The molecule has 0 aliphatic carbocycles. The van der Waals surface area contributed by atoms with Gasteiger partial charge < -0.3 is 31.9 Å². The van der Waals surface area contributed by atoms with Gasteiger partial charge in [0.2, 0.25) is 17.7 Å². The molecule has 1 aromatic rings. The first-order valence-corrected chi connectivity index (χ1v) is 11.9. The second-order valence-electron chi connectivity index (χ2n) is 6.96. The Bertz CT molecular complexity index is 768. The highest BCUT2D eigenvalue weighted by molar-refractivity contribution is 7.98. The Kier molecular flexibility index (Phi) is 12.8. The molecule has 0 aliphatic rings. The number of nitrogens with one attached hydrogen (secondary N) is 3. The van der Waals surface area contributed by atoms with E-state index in [1.807, 2.05) is 36.6 Å². The van der Waals surface area contributed by atoms with Crippen LogP contribution in [-0.2, 0) is 25.6 Å². The topological polar surface area (TPSA) is 171 Å². The van der Waals surface area contributed by atoms with E-state index in [0.717, 1.165) is 5.56 Å². The molecule has 0 aliphatic heterocycles. The van der Waals surface area contributed by atoms with Gasteiger partial charge >= 0.3 is 5.97 Å². The molecule has 0 spiro atoms. The maximum Gasteiger partial charge on any atom is 0.326 e. The number of hydrogen-bond acceptors (Lipinski definition) is 8. The summed E-state index contributed by atoms with van der Waals surface area (Å²) in [5, 5.41) is 25.9. The summed E-state index contributed by atoms with van der Waals surface area (Å²) < 4.78 is 0. The van der Waals surface area contributed by atoms with Gasteiger partial charge in [0.1, 0.15) is 18.1 Å². The first-order chi connectivity index (χ1) is 15.2. The minimum absolute atomic E-state index is 0.119. The van der Waals surface area contributed by atoms with Crippen LogP contribution in [0.1, 0.15) is 12.0 Å². The van der Waals surface area contributed by atoms with Crippen LogP contribution >= 0.6 is 24.4 Å². The van der Waals surface area contributed by atoms with E-state index in [4.69, 9.17) is 5.73 Å². The van der Waals surface area contributed by atoms with Crippen molar-refractivity contribution in [3.8, 4) is 0 Å². The third kappa shape index (κ3) is 9.47. The molecule has 0 heterocycles. The SMILES string of the molecule is CSCCC(NC(=O)C(CS)NC(=O)C(CO)NC(=O)C(N)Cc1ccccc1)C(=O)O. The van der Waals surface area contributed by atoms with Gasteiger partial charge in [0.15, 0.2) is 0 Å². The third-order valence-corrected chi connectivity index (χ3v) is 5.50. The Balaban J connectivity index is 2.68. The van der Waals surface area contributed by atoms with E-state index in [9.17, 15) is 29.4 Å². The van der Waals surface area contributed by atoms with Crippen molar-refractivity contribution < 1.29 is 29.4 Å². The van der Waals surface area contributed by atoms with Crippen molar-refractivity contribution >= 4 is 48.1 Å². The summed E-state index contributed by atoms with van der Waals surface area (Å²) >= 11 is 5.47. The highest BCUT2D eigenvalue weighted by Gasteiger charge is 2.29. The molecule has 0 radical (unpaired) electrons. The number of aliphatic carboxylic acids is 1. The molecule has 0 saturated carbocycles. The van der Waals surface area contributed by atoms with Crippen LogP contribution in [0.5, 0.6) is 0 Å². The van der Waals surface area contributed by atoms with Crippen molar-refractivity contribution in [2.75, 3.05) is 24.4 Å². The van der Waals surface area contributed by atoms with Gasteiger partial charge in [-0.25, -0.2) is 4.79 Å². The van der Waals surface area contributed by atoms with Crippen LogP contribution in [0.15, 0.2) is 30.3 Å². The summed E-state index contributed by atoms with van der Waals surface area (Å²) in [7, 11) is 0. The van der Waals surface area contributed by atoms with Gasteiger partial charge in [-0.2, -0.15) is 24.4 Å². The number of hydrogen-bond donors (Lipinski definition) is 7. The van der Waals surface area contributed by atoms with Crippen LogP contribution in [0.3, 0.4) is 0 Å². The van der Waals surface area contributed by atoms with E-state index in [2.05, 4.69) is 28.6 Å². The summed E-state index contributed by atoms with van der Waals surface area (Å²) in [5.74, 6) is -2.98. The zero-order chi connectivity index (χ0) is 24.1. The van der Waals surface area contributed by atoms with E-state index in [1.165, 1.54) is 11.8 Å². The highest BCUT2D eigenvalue weighted by atomic mass is 32.2. The molecule has 0 aromatic heterocycles. The normalized spacial score (nSPS) is 14.5. The number of thioether (sulfide) groups is 1. The Morgan fingerprint density at radius 1 is 1.00 bits per heavy atom. The number of carboxylic acids is 1. The van der Waals surface area contributed by atoms with Crippen LogP contribution in [0.4, 0.5) is 0 Å². The average molecular weight is 487 g/mol. The molecule has 10 nitrogen and oxygen atoms in total. The Hall–Kier alpha value is -2.28. The van der Waals surface area contributed by atoms with Gasteiger partial charge in [0.25, 0.3) is 0 Å². The molecular weight excluding hydrogens is 456 g/mol. The van der Waals surface area contributed by atoms with Gasteiger partial charge in [0.05, 0.1) is 12.6 Å². The number of rotatable bonds is 14. The number of carboxylic acid groups (broad SMARTS) is 1. The summed E-state index contributed by atoms with van der Waals surface area (Å²) in [5.41, 5.74) is 6.73. The molecular formula is C20H30N4O6S2. The van der Waals surface area contributed by atoms with Gasteiger partial charge in [-0.1, -0.05) is 30.3 Å². The van der Waals surface area contributed by atoms with Crippen molar-refractivity contribution in [2.24, 2.45) is 5.73 Å². The molecule has 1 aromatic carbocycles. The van der Waals surface area contributed by atoms with Crippen LogP contribution in [0.25, 0.3) is 0 Å². The van der Waals surface area contributed by atoms with Crippen LogP contribution in [0.2, 0.25) is 0 Å². The number of nitrogens with two attached hydrogens (primary N) is 1. The van der Waals surface area contributed by atoms with Crippen molar-refractivity contribution in [3.05, 3.63) is 35.9 Å². The molecule has 4 atom stereocenters. The third-order valence-electron chi connectivity index (χ3n) is 4.49. The quantitative estimate of drug-likeness (QED) is 0.160. The summed E-state index contributed by atoms with van der Waals surface area (Å²) in [6.07, 6.45) is 2.26. The lowest BCUT2D eigenvalue weighted by molar-refractivity contribution is -0.142. The first kappa shape index (κ1) is 27.8. The average Bonchev–Trinajstić information content (AvgIpc) is 2.78. The fourth-order valence-corrected chi connectivity index (χ4v) is 3.39. The largest absolute Gasteiger partial charge is 0.480 e. The van der Waals surface area contributed by atoms with Crippen LogP contribution in [-0.4, -0.2) is 82.4 Å². The fourth-order valence-electron chi connectivity index (χ4n) is 2.67. The molecule has 0 fully saturated rings. The van der Waals surface area contributed by atoms with E-state index < -0.39 is 54.5 Å². The molecule has 3 amide bonds. The molecule has 12 heteroatoms. The second-order valence-corrected chi connectivity index (χ2v) is 8.32. The molecule has 0 saturated heterocycles. The first-order valence-electron chi connectivity index (χ1n) is 9.87. The lowest BCUT2D eigenvalue weighted by Gasteiger charge is -2.23. The lowest BCUT2D eigenvalue weighted by atomic mass is 10.1. The summed E-state index contributed by atoms with van der Waals surface area (Å²) in [4.78, 5) is 48.6. The number of aliphatic hydroxyl groups is 1. The maximum absolute atomic E-state index is 12.5. The molecule has 178 valence electrons. The molecule has 0 bridgehead atoms. The van der Waals surface area contributed by atoms with Crippen molar-refractivity contribution in [1.29, 1.82) is 0 Å². The number of carbonyl (C=O) groups is 4. The molecule has 4 unspecified atom stereocenters. The van der Waals surface area contributed by atoms with Gasteiger partial charge in [0, 0.05) is 5.75 Å². The summed E-state index contributed by atoms with van der Waals surface area (Å²) in [6, 6.07) is 4.50. The number of amides is 3. The standard InChI is InChI=1S/C20H30N4O6S2/c1-32-8-7-14(20(29)30)22-19(28)16(11-31)24-18(27)15(10-25)23-17(26)13(21)9-12-5-3-2-4-6-12/h2-6,13-16,25,31H,7-11,21H2,1H3,(H,22,28)(H,23,26)(H,24,27)(H,29,30). The predicted molar refractivity (Wildman–Crippen MR) is 125 cm³/mol. The summed E-state index contributed by atoms with van der Waals surface area (Å²) in [6.45, 7) is -0.720. The Morgan fingerprint density at radius 3 is 2.09 bits per heavy atom. The molecule has 7 N–H and O–H groups in total. The van der Waals surface area contributed by atoms with Crippen molar-refractivity contribution in [2.45, 2.75) is 37.0 Å². The minimum atomic E-state index is -1.34. The van der Waals surface area contributed by atoms with E-state index >= 15 is 0 Å². The van der Waals surface area contributed by atoms with Gasteiger partial charge in [-0.15, -0.1) is 0 Å². The lowest BCUT2D eigenvalue weighted by Crippen LogP contribution is -2.58. The Labute approximate surface area is 196 Å². The minimum Gasteiger partial charge on any atom is -0.480 e. The monoisotopic (exact) mass is 486 g/mol. The second kappa shape index (κ2) is 14.7. The maximum atomic E-state index is 12.5. The van der Waals surface area contributed by atoms with Crippen molar-refractivity contribution in [1.82, 2.24) is 16.0 Å². The number of thiol groups is 1. The van der Waals surface area contributed by atoms with E-state index in [1.54, 1.807) is 0 Å². The Morgan fingerprint density at radius 2 is 1.56 bits per heavy atom. The highest BCUT2D eigenvalue weighted by Crippen LogP contribution is 2.04. The zero-order valence-corrected chi connectivity index (χ0v) is 19.4. The van der Waals surface area contributed by atoms with Gasteiger partial charge in [-0.3, -0.25) is 14.4 Å². The molecule has 32 heavy (non-hydrogen) atoms. The predicted octanol–water partition coefficient (Wildman–Crippen LogP) is -1.23. The van der Waals surface area contributed by atoms with Gasteiger partial charge in [-0.05, 0) is 30.4 Å².